The number of nitrogens with zero attached hydrogens (tertiary/aromatic N) is 1. The lowest BCUT2D eigenvalue weighted by Crippen LogP contribution is -1.89. The molecule has 0 aliphatic rings. The molecule has 2 N–H and O–H groups in total. The topological polar surface area (TPSA) is 38.9 Å². The first kappa shape index (κ1) is 10.2. The molecule has 0 radical (unpaired) electrons. The van der Waals surface area contributed by atoms with Gasteiger partial charge in [0.05, 0.1) is 10.6 Å². The summed E-state index contributed by atoms with van der Waals surface area (Å²) in [6.45, 7) is 2.19. The zero-order valence-corrected chi connectivity index (χ0v) is 9.55. The van der Waals surface area contributed by atoms with Crippen LogP contribution < -0.4 is 5.73 Å². The number of pyridine rings is 1. The molecule has 78 valence electrons. The molecular formula is C12H14N2S. The van der Waals surface area contributed by atoms with E-state index in [2.05, 4.69) is 24.0 Å². The maximum absolute atomic E-state index is 5.65. The van der Waals surface area contributed by atoms with Gasteiger partial charge in [-0.1, -0.05) is 19.4 Å². The molecule has 0 aliphatic carbocycles. The van der Waals surface area contributed by atoms with E-state index in [4.69, 9.17) is 5.73 Å². The molecule has 2 aromatic rings. The van der Waals surface area contributed by atoms with Crippen LogP contribution in [0.5, 0.6) is 0 Å². The first-order valence-electron chi connectivity index (χ1n) is 5.11. The largest absolute Gasteiger partial charge is 0.384 e. The van der Waals surface area contributed by atoms with Gasteiger partial charge in [-0.25, -0.2) is 4.98 Å². The molecule has 0 saturated carbocycles. The lowest BCUT2D eigenvalue weighted by atomic mass is 10.2. The van der Waals surface area contributed by atoms with Crippen LogP contribution in [0.4, 0.5) is 5.82 Å². The maximum Gasteiger partial charge on any atom is 0.124 e. The van der Waals surface area contributed by atoms with Crippen LogP contribution in [-0.2, 0) is 6.42 Å². The summed E-state index contributed by atoms with van der Waals surface area (Å²) in [4.78, 5) is 6.92. The van der Waals surface area contributed by atoms with Crippen LogP contribution in [0.1, 0.15) is 18.2 Å². The predicted octanol–water partition coefficient (Wildman–Crippen LogP) is 3.34. The molecule has 3 heteroatoms. The Morgan fingerprint density at radius 2 is 2.13 bits per heavy atom. The fourth-order valence-corrected chi connectivity index (χ4v) is 2.56. The number of rotatable bonds is 3. The number of aryl methyl sites for hydroxylation is 1. The minimum Gasteiger partial charge on any atom is -0.384 e. The monoisotopic (exact) mass is 218 g/mol. The third-order valence-corrected chi connectivity index (χ3v) is 3.35. The smallest absolute Gasteiger partial charge is 0.124 e. The Kier molecular flexibility index (Phi) is 3.02. The van der Waals surface area contributed by atoms with Crippen LogP contribution in [0.3, 0.4) is 0 Å². The third-order valence-electron chi connectivity index (χ3n) is 2.18. The second kappa shape index (κ2) is 4.45. The zero-order valence-electron chi connectivity index (χ0n) is 8.73. The normalized spacial score (nSPS) is 10.5. The highest BCUT2D eigenvalue weighted by Crippen LogP contribution is 2.27. The molecule has 0 atom stereocenters. The van der Waals surface area contributed by atoms with Crippen LogP contribution in [0, 0.1) is 0 Å². The summed E-state index contributed by atoms with van der Waals surface area (Å²) in [5.74, 6) is 0.581. The molecule has 0 aromatic carbocycles. The summed E-state index contributed by atoms with van der Waals surface area (Å²) in [6, 6.07) is 10.0. The fourth-order valence-electron chi connectivity index (χ4n) is 1.49. The van der Waals surface area contributed by atoms with Crippen LogP contribution in [0.2, 0.25) is 0 Å². The van der Waals surface area contributed by atoms with E-state index in [-0.39, 0.29) is 0 Å². The Labute approximate surface area is 93.8 Å². The summed E-state index contributed by atoms with van der Waals surface area (Å²) >= 11 is 1.80. The molecule has 0 saturated heterocycles. The molecule has 0 fully saturated rings. The quantitative estimate of drug-likeness (QED) is 0.858. The second-order valence-corrected chi connectivity index (χ2v) is 4.63. The summed E-state index contributed by atoms with van der Waals surface area (Å²) in [7, 11) is 0. The lowest BCUT2D eigenvalue weighted by Gasteiger charge is -1.97. The van der Waals surface area contributed by atoms with Crippen molar-refractivity contribution < 1.29 is 0 Å². The van der Waals surface area contributed by atoms with Crippen molar-refractivity contribution in [2.24, 2.45) is 0 Å². The second-order valence-electron chi connectivity index (χ2n) is 3.46. The average Bonchev–Trinajstić information content (AvgIpc) is 2.67. The molecule has 0 aliphatic heterocycles. The standard InChI is InChI=1S/C12H14N2S/c1-2-4-9-7-8-11(15-9)10-5-3-6-12(13)14-10/h3,5-8H,2,4H2,1H3,(H2,13,14). The minimum atomic E-state index is 0.581. The van der Waals surface area contributed by atoms with Gasteiger partial charge in [0.15, 0.2) is 0 Å². The number of hydrogen-bond donors (Lipinski definition) is 1. The van der Waals surface area contributed by atoms with Crippen molar-refractivity contribution in [2.75, 3.05) is 5.73 Å². The van der Waals surface area contributed by atoms with Crippen LogP contribution in [0.25, 0.3) is 10.6 Å². The van der Waals surface area contributed by atoms with Crippen molar-refractivity contribution >= 4 is 17.2 Å². The van der Waals surface area contributed by atoms with Gasteiger partial charge >= 0.3 is 0 Å². The van der Waals surface area contributed by atoms with Crippen LogP contribution in [0.15, 0.2) is 30.3 Å². The number of aromatic nitrogens is 1. The third kappa shape index (κ3) is 2.36. The van der Waals surface area contributed by atoms with Crippen molar-refractivity contribution in [3.05, 3.63) is 35.2 Å². The van der Waals surface area contributed by atoms with Gasteiger partial charge in [0.2, 0.25) is 0 Å². The van der Waals surface area contributed by atoms with Gasteiger partial charge in [-0.15, -0.1) is 11.3 Å². The SMILES string of the molecule is CCCc1ccc(-c2cccc(N)n2)s1. The lowest BCUT2D eigenvalue weighted by molar-refractivity contribution is 0.940. The molecule has 2 aromatic heterocycles. The highest BCUT2D eigenvalue weighted by Gasteiger charge is 2.03. The summed E-state index contributed by atoms with van der Waals surface area (Å²) < 4.78 is 0. The van der Waals surface area contributed by atoms with Crippen molar-refractivity contribution in [3.63, 3.8) is 0 Å². The fraction of sp³-hybridized carbons (Fsp3) is 0.250. The molecule has 2 rings (SSSR count). The molecule has 15 heavy (non-hydrogen) atoms. The van der Waals surface area contributed by atoms with Gasteiger partial charge in [0.25, 0.3) is 0 Å². The number of anilines is 1. The summed E-state index contributed by atoms with van der Waals surface area (Å²) in [6.07, 6.45) is 2.33. The van der Waals surface area contributed by atoms with Crippen LogP contribution in [-0.4, -0.2) is 4.98 Å². The Morgan fingerprint density at radius 1 is 1.27 bits per heavy atom. The highest BCUT2D eigenvalue weighted by atomic mass is 32.1. The molecule has 2 nitrogen and oxygen atoms in total. The van der Waals surface area contributed by atoms with Gasteiger partial charge in [-0.2, -0.15) is 0 Å². The average molecular weight is 218 g/mol. The van der Waals surface area contributed by atoms with E-state index in [1.165, 1.54) is 16.2 Å². The first-order chi connectivity index (χ1) is 7.29. The number of nitrogens with two attached hydrogens (primary N) is 1. The van der Waals surface area contributed by atoms with Crippen LogP contribution >= 0.6 is 11.3 Å². The summed E-state index contributed by atoms with van der Waals surface area (Å²) in [5, 5.41) is 0. The Balaban J connectivity index is 2.29. The molecule has 0 unspecified atom stereocenters. The van der Waals surface area contributed by atoms with E-state index < -0.39 is 0 Å². The van der Waals surface area contributed by atoms with E-state index in [1.54, 1.807) is 11.3 Å². The molecule has 0 bridgehead atoms. The van der Waals surface area contributed by atoms with Gasteiger partial charge in [-0.05, 0) is 30.7 Å². The molecule has 0 amide bonds. The minimum absolute atomic E-state index is 0.581. The van der Waals surface area contributed by atoms with E-state index in [0.717, 1.165) is 12.1 Å². The first-order valence-corrected chi connectivity index (χ1v) is 5.93. The number of nitrogen functional groups attached to an aromatic ring is 1. The van der Waals surface area contributed by atoms with Crippen molar-refractivity contribution in [1.82, 2.24) is 4.98 Å². The van der Waals surface area contributed by atoms with E-state index >= 15 is 0 Å². The van der Waals surface area contributed by atoms with Crippen molar-refractivity contribution in [3.8, 4) is 10.6 Å². The van der Waals surface area contributed by atoms with Gasteiger partial charge in [0, 0.05) is 4.88 Å². The molecule has 2 heterocycles. The molecular weight excluding hydrogens is 204 g/mol. The van der Waals surface area contributed by atoms with Gasteiger partial charge in [0.1, 0.15) is 5.82 Å². The maximum atomic E-state index is 5.65. The predicted molar refractivity (Wildman–Crippen MR) is 66.0 cm³/mol. The highest BCUT2D eigenvalue weighted by molar-refractivity contribution is 7.15. The van der Waals surface area contributed by atoms with Gasteiger partial charge < -0.3 is 5.73 Å². The van der Waals surface area contributed by atoms with E-state index in [1.807, 2.05) is 18.2 Å². The van der Waals surface area contributed by atoms with E-state index in [0.29, 0.717) is 5.82 Å². The Bertz CT molecular complexity index is 448. The number of hydrogen-bond acceptors (Lipinski definition) is 3. The molecule has 0 spiro atoms. The van der Waals surface area contributed by atoms with Crippen molar-refractivity contribution in [1.29, 1.82) is 0 Å². The zero-order chi connectivity index (χ0) is 10.7. The van der Waals surface area contributed by atoms with E-state index in [9.17, 15) is 0 Å². The Morgan fingerprint density at radius 3 is 2.87 bits per heavy atom. The Hall–Kier alpha value is -1.35. The van der Waals surface area contributed by atoms with Crippen molar-refractivity contribution in [2.45, 2.75) is 19.8 Å². The number of thiophene rings is 1. The van der Waals surface area contributed by atoms with Gasteiger partial charge in [-0.3, -0.25) is 0 Å². The summed E-state index contributed by atoms with van der Waals surface area (Å²) in [5.41, 5.74) is 6.63.